The molecule has 0 aliphatic carbocycles. The van der Waals surface area contributed by atoms with E-state index in [0.717, 1.165) is 20.9 Å². The molecule has 1 saturated heterocycles. The molecule has 29 heavy (non-hydrogen) atoms. The maximum atomic E-state index is 12.7. The lowest BCUT2D eigenvalue weighted by molar-refractivity contribution is -0.140. The van der Waals surface area contributed by atoms with Gasteiger partial charge in [-0.2, -0.15) is 0 Å². The van der Waals surface area contributed by atoms with Gasteiger partial charge >= 0.3 is 17.8 Å². The van der Waals surface area contributed by atoms with Crippen LogP contribution in [-0.4, -0.2) is 54.3 Å². The van der Waals surface area contributed by atoms with Gasteiger partial charge in [-0.15, -0.1) is 0 Å². The maximum absolute atomic E-state index is 12.7. The SMILES string of the molecule is CNC(=O)c1ccc(CN(C)CN2C(=O)C(=O)N(c3ccc(C)cc3)C2=O)cc1. The van der Waals surface area contributed by atoms with Gasteiger partial charge in [0.25, 0.3) is 5.91 Å². The van der Waals surface area contributed by atoms with Crippen molar-refractivity contribution in [3.63, 3.8) is 0 Å². The highest BCUT2D eigenvalue weighted by Gasteiger charge is 2.45. The monoisotopic (exact) mass is 394 g/mol. The van der Waals surface area contributed by atoms with Crippen molar-refractivity contribution in [3.8, 4) is 0 Å². The summed E-state index contributed by atoms with van der Waals surface area (Å²) >= 11 is 0. The predicted molar refractivity (Wildman–Crippen MR) is 107 cm³/mol. The van der Waals surface area contributed by atoms with Gasteiger partial charge in [-0.3, -0.25) is 19.3 Å². The molecule has 0 unspecified atom stereocenters. The van der Waals surface area contributed by atoms with Gasteiger partial charge in [-0.05, 0) is 43.8 Å². The molecule has 0 saturated carbocycles. The number of imide groups is 2. The molecule has 3 rings (SSSR count). The first kappa shape index (κ1) is 20.2. The zero-order chi connectivity index (χ0) is 21.1. The summed E-state index contributed by atoms with van der Waals surface area (Å²) in [6.45, 7) is 2.30. The molecule has 2 aromatic rings. The summed E-state index contributed by atoms with van der Waals surface area (Å²) in [5, 5.41) is 2.56. The second kappa shape index (κ2) is 8.24. The number of rotatable bonds is 6. The molecule has 1 fully saturated rings. The Morgan fingerprint density at radius 2 is 1.59 bits per heavy atom. The van der Waals surface area contributed by atoms with Crippen molar-refractivity contribution in [3.05, 3.63) is 65.2 Å². The van der Waals surface area contributed by atoms with Crippen LogP contribution >= 0.6 is 0 Å². The summed E-state index contributed by atoms with van der Waals surface area (Å²) in [5.41, 5.74) is 2.80. The summed E-state index contributed by atoms with van der Waals surface area (Å²) in [6, 6.07) is 13.2. The first-order valence-electron chi connectivity index (χ1n) is 9.08. The molecule has 1 heterocycles. The molecule has 5 amide bonds. The third-order valence-corrected chi connectivity index (χ3v) is 4.62. The predicted octanol–water partition coefficient (Wildman–Crippen LogP) is 1.74. The number of carbonyl (C=O) groups excluding carboxylic acids is 4. The number of anilines is 1. The van der Waals surface area contributed by atoms with Crippen molar-refractivity contribution in [2.24, 2.45) is 0 Å². The van der Waals surface area contributed by atoms with E-state index in [1.54, 1.807) is 67.5 Å². The van der Waals surface area contributed by atoms with Crippen LogP contribution in [0.5, 0.6) is 0 Å². The standard InChI is InChI=1S/C21H22N4O4/c1-14-4-10-17(11-5-14)25-20(28)19(27)24(21(25)29)13-23(3)12-15-6-8-16(9-7-15)18(26)22-2/h4-11H,12-13H2,1-3H3,(H,22,26). The van der Waals surface area contributed by atoms with Gasteiger partial charge in [0.2, 0.25) is 0 Å². The zero-order valence-corrected chi connectivity index (χ0v) is 16.5. The van der Waals surface area contributed by atoms with Crippen molar-refractivity contribution >= 4 is 29.4 Å². The summed E-state index contributed by atoms with van der Waals surface area (Å²) in [6.07, 6.45) is 0. The van der Waals surface area contributed by atoms with Crippen LogP contribution in [0.3, 0.4) is 0 Å². The van der Waals surface area contributed by atoms with Crippen LogP contribution < -0.4 is 10.2 Å². The second-order valence-electron chi connectivity index (χ2n) is 6.92. The van der Waals surface area contributed by atoms with E-state index in [-0.39, 0.29) is 12.6 Å². The van der Waals surface area contributed by atoms with E-state index in [0.29, 0.717) is 17.8 Å². The van der Waals surface area contributed by atoms with Crippen LogP contribution in [0.4, 0.5) is 10.5 Å². The highest BCUT2D eigenvalue weighted by atomic mass is 16.2. The Hall–Kier alpha value is -3.52. The normalized spacial score (nSPS) is 14.1. The Morgan fingerprint density at radius 1 is 0.966 bits per heavy atom. The van der Waals surface area contributed by atoms with E-state index in [2.05, 4.69) is 5.32 Å². The topological polar surface area (TPSA) is 90.0 Å². The first-order chi connectivity index (χ1) is 13.8. The average molecular weight is 394 g/mol. The van der Waals surface area contributed by atoms with Crippen LogP contribution in [0.1, 0.15) is 21.5 Å². The van der Waals surface area contributed by atoms with Gasteiger partial charge in [0, 0.05) is 19.2 Å². The molecule has 1 aliphatic rings. The van der Waals surface area contributed by atoms with Crippen LogP contribution in [0.2, 0.25) is 0 Å². The molecule has 0 atom stereocenters. The van der Waals surface area contributed by atoms with Gasteiger partial charge < -0.3 is 5.32 Å². The van der Waals surface area contributed by atoms with E-state index in [1.807, 2.05) is 6.92 Å². The number of hydrogen-bond acceptors (Lipinski definition) is 5. The third kappa shape index (κ3) is 4.17. The van der Waals surface area contributed by atoms with E-state index < -0.39 is 17.8 Å². The molecule has 0 bridgehead atoms. The van der Waals surface area contributed by atoms with E-state index >= 15 is 0 Å². The van der Waals surface area contributed by atoms with Crippen molar-refractivity contribution in [2.45, 2.75) is 13.5 Å². The van der Waals surface area contributed by atoms with Gasteiger partial charge in [-0.25, -0.2) is 14.6 Å². The summed E-state index contributed by atoms with van der Waals surface area (Å²) in [5.74, 6) is -1.88. The fourth-order valence-corrected chi connectivity index (χ4v) is 3.06. The van der Waals surface area contributed by atoms with Crippen LogP contribution in [-0.2, 0) is 16.1 Å². The number of benzene rings is 2. The molecule has 0 aromatic heterocycles. The summed E-state index contributed by atoms with van der Waals surface area (Å²) in [7, 11) is 3.31. The van der Waals surface area contributed by atoms with Crippen molar-refractivity contribution in [1.82, 2.24) is 15.1 Å². The summed E-state index contributed by atoms with van der Waals surface area (Å²) < 4.78 is 0. The minimum Gasteiger partial charge on any atom is -0.355 e. The Kier molecular flexibility index (Phi) is 5.74. The lowest BCUT2D eigenvalue weighted by atomic mass is 10.1. The Morgan fingerprint density at radius 3 is 2.17 bits per heavy atom. The van der Waals surface area contributed by atoms with E-state index in [9.17, 15) is 19.2 Å². The van der Waals surface area contributed by atoms with Crippen molar-refractivity contribution < 1.29 is 19.2 Å². The van der Waals surface area contributed by atoms with Gasteiger partial charge in [-0.1, -0.05) is 29.8 Å². The van der Waals surface area contributed by atoms with Crippen molar-refractivity contribution in [1.29, 1.82) is 0 Å². The Balaban J connectivity index is 1.68. The number of amides is 5. The van der Waals surface area contributed by atoms with Gasteiger partial charge in [0.15, 0.2) is 0 Å². The lowest BCUT2D eigenvalue weighted by Gasteiger charge is -2.22. The summed E-state index contributed by atoms with van der Waals surface area (Å²) in [4.78, 5) is 52.6. The number of nitrogens with one attached hydrogen (secondary N) is 1. The number of carbonyl (C=O) groups is 4. The largest absolute Gasteiger partial charge is 0.355 e. The second-order valence-corrected chi connectivity index (χ2v) is 6.92. The number of aryl methyl sites for hydroxylation is 1. The Labute approximate surface area is 168 Å². The number of nitrogens with zero attached hydrogens (tertiary/aromatic N) is 3. The van der Waals surface area contributed by atoms with Crippen molar-refractivity contribution in [2.75, 3.05) is 25.7 Å². The average Bonchev–Trinajstić information content (AvgIpc) is 2.92. The molecular weight excluding hydrogens is 372 g/mol. The molecular formula is C21H22N4O4. The van der Waals surface area contributed by atoms with Gasteiger partial charge in [0.1, 0.15) is 0 Å². The third-order valence-electron chi connectivity index (χ3n) is 4.62. The molecule has 2 aromatic carbocycles. The lowest BCUT2D eigenvalue weighted by Crippen LogP contribution is -2.40. The van der Waals surface area contributed by atoms with Crippen LogP contribution in [0.25, 0.3) is 0 Å². The molecule has 1 N–H and O–H groups in total. The smallest absolute Gasteiger partial charge is 0.340 e. The quantitative estimate of drug-likeness (QED) is 0.595. The minimum absolute atomic E-state index is 0.0248. The molecule has 0 spiro atoms. The molecule has 8 nitrogen and oxygen atoms in total. The van der Waals surface area contributed by atoms with E-state index in [4.69, 9.17) is 0 Å². The molecule has 1 aliphatic heterocycles. The number of hydrogen-bond donors (Lipinski definition) is 1. The van der Waals surface area contributed by atoms with Crippen LogP contribution in [0, 0.1) is 6.92 Å². The highest BCUT2D eigenvalue weighted by molar-refractivity contribution is 6.52. The first-order valence-corrected chi connectivity index (χ1v) is 9.08. The fraction of sp³-hybridized carbons (Fsp3) is 0.238. The maximum Gasteiger partial charge on any atom is 0.340 e. The molecule has 150 valence electrons. The fourth-order valence-electron chi connectivity index (χ4n) is 3.06. The number of urea groups is 1. The van der Waals surface area contributed by atoms with Gasteiger partial charge in [0.05, 0.1) is 12.4 Å². The Bertz CT molecular complexity index is 954. The minimum atomic E-state index is -0.859. The van der Waals surface area contributed by atoms with E-state index in [1.165, 1.54) is 0 Å². The molecule has 0 radical (unpaired) electrons. The zero-order valence-electron chi connectivity index (χ0n) is 16.5. The highest BCUT2D eigenvalue weighted by Crippen LogP contribution is 2.23. The van der Waals surface area contributed by atoms with Crippen LogP contribution in [0.15, 0.2) is 48.5 Å². The molecule has 8 heteroatoms.